The standard InChI is InChI=1S/C12H24N2O/c1-9(2)4-5-10(3)13-8-12(15)14-11-6-7-11/h9-11,13H,4-8H2,1-3H3,(H,14,15). The quantitative estimate of drug-likeness (QED) is 0.674. The molecule has 0 aliphatic heterocycles. The summed E-state index contributed by atoms with van der Waals surface area (Å²) in [6.45, 7) is 7.07. The Morgan fingerprint density at radius 1 is 1.27 bits per heavy atom. The van der Waals surface area contributed by atoms with Crippen molar-refractivity contribution in [3.8, 4) is 0 Å². The highest BCUT2D eigenvalue weighted by Crippen LogP contribution is 2.18. The van der Waals surface area contributed by atoms with Gasteiger partial charge in [-0.15, -0.1) is 0 Å². The Morgan fingerprint density at radius 3 is 2.47 bits per heavy atom. The molecule has 1 unspecified atom stereocenters. The molecule has 88 valence electrons. The van der Waals surface area contributed by atoms with Crippen LogP contribution in [0, 0.1) is 5.92 Å². The lowest BCUT2D eigenvalue weighted by Gasteiger charge is -2.14. The van der Waals surface area contributed by atoms with Crippen LogP contribution in [0.4, 0.5) is 0 Å². The van der Waals surface area contributed by atoms with Crippen LogP contribution in [0.2, 0.25) is 0 Å². The van der Waals surface area contributed by atoms with Crippen molar-refractivity contribution in [3.05, 3.63) is 0 Å². The van der Waals surface area contributed by atoms with Crippen molar-refractivity contribution < 1.29 is 4.79 Å². The zero-order chi connectivity index (χ0) is 11.3. The van der Waals surface area contributed by atoms with E-state index in [0.29, 0.717) is 18.6 Å². The van der Waals surface area contributed by atoms with E-state index in [1.807, 2.05) is 0 Å². The molecule has 1 rings (SSSR count). The summed E-state index contributed by atoms with van der Waals surface area (Å²) in [6, 6.07) is 0.919. The first-order chi connectivity index (χ1) is 7.08. The van der Waals surface area contributed by atoms with Gasteiger partial charge in [0, 0.05) is 12.1 Å². The molecule has 0 saturated heterocycles. The zero-order valence-corrected chi connectivity index (χ0v) is 10.2. The SMILES string of the molecule is CC(C)CCC(C)NCC(=O)NC1CC1. The number of amides is 1. The number of hydrogen-bond acceptors (Lipinski definition) is 2. The van der Waals surface area contributed by atoms with Crippen LogP contribution in [0.1, 0.15) is 46.5 Å². The first kappa shape index (κ1) is 12.5. The maximum absolute atomic E-state index is 11.4. The van der Waals surface area contributed by atoms with Crippen LogP contribution < -0.4 is 10.6 Å². The van der Waals surface area contributed by atoms with Crippen molar-refractivity contribution in [2.45, 2.75) is 58.5 Å². The highest BCUT2D eigenvalue weighted by molar-refractivity contribution is 5.78. The fourth-order valence-electron chi connectivity index (χ4n) is 1.46. The lowest BCUT2D eigenvalue weighted by molar-refractivity contribution is -0.120. The molecule has 1 atom stereocenters. The lowest BCUT2D eigenvalue weighted by atomic mass is 10.0. The van der Waals surface area contributed by atoms with Gasteiger partial charge >= 0.3 is 0 Å². The minimum absolute atomic E-state index is 0.147. The Kier molecular flexibility index (Phi) is 5.09. The zero-order valence-electron chi connectivity index (χ0n) is 10.2. The van der Waals surface area contributed by atoms with E-state index in [9.17, 15) is 4.79 Å². The molecule has 0 radical (unpaired) electrons. The topological polar surface area (TPSA) is 41.1 Å². The van der Waals surface area contributed by atoms with E-state index in [0.717, 1.165) is 25.2 Å². The fraction of sp³-hybridized carbons (Fsp3) is 0.917. The Bertz CT molecular complexity index is 200. The Hall–Kier alpha value is -0.570. The summed E-state index contributed by atoms with van der Waals surface area (Å²) < 4.78 is 0. The van der Waals surface area contributed by atoms with E-state index in [1.165, 1.54) is 6.42 Å². The molecule has 1 saturated carbocycles. The predicted molar refractivity (Wildman–Crippen MR) is 62.7 cm³/mol. The van der Waals surface area contributed by atoms with E-state index in [4.69, 9.17) is 0 Å². The third-order valence-corrected chi connectivity index (χ3v) is 2.73. The van der Waals surface area contributed by atoms with Gasteiger partial charge in [0.15, 0.2) is 0 Å². The molecule has 0 bridgehead atoms. The van der Waals surface area contributed by atoms with Gasteiger partial charge in [0.1, 0.15) is 0 Å². The molecule has 3 heteroatoms. The number of nitrogens with one attached hydrogen (secondary N) is 2. The Morgan fingerprint density at radius 2 is 1.93 bits per heavy atom. The van der Waals surface area contributed by atoms with Gasteiger partial charge in [0.2, 0.25) is 5.91 Å². The fourth-order valence-corrected chi connectivity index (χ4v) is 1.46. The number of carbonyl (C=O) groups is 1. The van der Waals surface area contributed by atoms with E-state index in [1.54, 1.807) is 0 Å². The van der Waals surface area contributed by atoms with Crippen molar-refractivity contribution in [2.75, 3.05) is 6.54 Å². The van der Waals surface area contributed by atoms with Gasteiger partial charge in [-0.3, -0.25) is 4.79 Å². The minimum Gasteiger partial charge on any atom is -0.352 e. The van der Waals surface area contributed by atoms with Crippen LogP contribution in [-0.2, 0) is 4.79 Å². The second kappa shape index (κ2) is 6.11. The second-order valence-corrected chi connectivity index (χ2v) is 5.09. The molecule has 3 nitrogen and oxygen atoms in total. The number of carbonyl (C=O) groups excluding carboxylic acids is 1. The third-order valence-electron chi connectivity index (χ3n) is 2.73. The van der Waals surface area contributed by atoms with Crippen LogP contribution in [-0.4, -0.2) is 24.5 Å². The molecule has 1 fully saturated rings. The van der Waals surface area contributed by atoms with Gasteiger partial charge in [-0.25, -0.2) is 0 Å². The first-order valence-corrected chi connectivity index (χ1v) is 6.10. The van der Waals surface area contributed by atoms with E-state index < -0.39 is 0 Å². The van der Waals surface area contributed by atoms with Gasteiger partial charge < -0.3 is 10.6 Å². The molecule has 2 N–H and O–H groups in total. The molecular formula is C12H24N2O. The summed E-state index contributed by atoms with van der Waals surface area (Å²) in [5.41, 5.74) is 0. The van der Waals surface area contributed by atoms with Crippen LogP contribution in [0.25, 0.3) is 0 Å². The van der Waals surface area contributed by atoms with Crippen molar-refractivity contribution in [1.82, 2.24) is 10.6 Å². The van der Waals surface area contributed by atoms with Crippen LogP contribution in [0.15, 0.2) is 0 Å². The normalized spacial score (nSPS) is 17.9. The van der Waals surface area contributed by atoms with Gasteiger partial charge in [-0.2, -0.15) is 0 Å². The maximum Gasteiger partial charge on any atom is 0.234 e. The number of rotatable bonds is 7. The van der Waals surface area contributed by atoms with E-state index >= 15 is 0 Å². The molecule has 0 aromatic carbocycles. The van der Waals surface area contributed by atoms with Crippen molar-refractivity contribution in [3.63, 3.8) is 0 Å². The smallest absolute Gasteiger partial charge is 0.234 e. The summed E-state index contributed by atoms with van der Waals surface area (Å²) in [7, 11) is 0. The predicted octanol–water partition coefficient (Wildman–Crippen LogP) is 1.68. The van der Waals surface area contributed by atoms with E-state index in [2.05, 4.69) is 31.4 Å². The molecule has 1 aliphatic rings. The third kappa shape index (κ3) is 6.50. The van der Waals surface area contributed by atoms with Gasteiger partial charge in [-0.05, 0) is 38.5 Å². The summed E-state index contributed by atoms with van der Waals surface area (Å²) in [6.07, 6.45) is 4.69. The van der Waals surface area contributed by atoms with Gasteiger partial charge in [0.05, 0.1) is 6.54 Å². The van der Waals surface area contributed by atoms with Crippen LogP contribution in [0.3, 0.4) is 0 Å². The highest BCUT2D eigenvalue weighted by Gasteiger charge is 2.22. The van der Waals surface area contributed by atoms with Crippen molar-refractivity contribution >= 4 is 5.91 Å². The molecule has 0 aromatic rings. The Labute approximate surface area is 93.0 Å². The average Bonchev–Trinajstić information content (AvgIpc) is 2.95. The molecule has 1 amide bonds. The molecule has 0 heterocycles. The van der Waals surface area contributed by atoms with Gasteiger partial charge in [0.25, 0.3) is 0 Å². The largest absolute Gasteiger partial charge is 0.352 e. The van der Waals surface area contributed by atoms with E-state index in [-0.39, 0.29) is 5.91 Å². The van der Waals surface area contributed by atoms with Crippen LogP contribution in [0.5, 0.6) is 0 Å². The van der Waals surface area contributed by atoms with Gasteiger partial charge in [-0.1, -0.05) is 13.8 Å². The summed E-state index contributed by atoms with van der Waals surface area (Å²) in [5, 5.41) is 6.23. The monoisotopic (exact) mass is 212 g/mol. The molecule has 1 aliphatic carbocycles. The molecular weight excluding hydrogens is 188 g/mol. The second-order valence-electron chi connectivity index (χ2n) is 5.09. The molecule has 0 aromatic heterocycles. The van der Waals surface area contributed by atoms with Crippen molar-refractivity contribution in [2.24, 2.45) is 5.92 Å². The molecule has 0 spiro atoms. The summed E-state index contributed by atoms with van der Waals surface area (Å²) in [5.74, 6) is 0.892. The Balaban J connectivity index is 1.99. The highest BCUT2D eigenvalue weighted by atomic mass is 16.2. The molecule has 15 heavy (non-hydrogen) atoms. The number of hydrogen-bond donors (Lipinski definition) is 2. The minimum atomic E-state index is 0.147. The lowest BCUT2D eigenvalue weighted by Crippen LogP contribution is -2.38. The summed E-state index contributed by atoms with van der Waals surface area (Å²) >= 11 is 0. The van der Waals surface area contributed by atoms with Crippen molar-refractivity contribution in [1.29, 1.82) is 0 Å². The van der Waals surface area contributed by atoms with Crippen LogP contribution >= 0.6 is 0 Å². The first-order valence-electron chi connectivity index (χ1n) is 6.10. The maximum atomic E-state index is 11.4. The average molecular weight is 212 g/mol. The summed E-state index contributed by atoms with van der Waals surface area (Å²) in [4.78, 5) is 11.4.